The Hall–Kier alpha value is -2.94. The first-order valence-electron chi connectivity index (χ1n) is 11.6. The Bertz CT molecular complexity index is 1040. The molecule has 4 rings (SSSR count). The van der Waals surface area contributed by atoms with E-state index in [1.54, 1.807) is 13.3 Å². The van der Waals surface area contributed by atoms with Crippen LogP contribution in [0.3, 0.4) is 0 Å². The highest BCUT2D eigenvalue weighted by Gasteiger charge is 2.20. The second-order valence-corrected chi connectivity index (χ2v) is 8.45. The van der Waals surface area contributed by atoms with Gasteiger partial charge in [0.2, 0.25) is 5.95 Å². The van der Waals surface area contributed by atoms with Crippen LogP contribution < -0.4 is 21.1 Å². The van der Waals surface area contributed by atoms with Gasteiger partial charge in [0.25, 0.3) is 0 Å². The minimum absolute atomic E-state index is 0.243. The van der Waals surface area contributed by atoms with E-state index in [9.17, 15) is 0 Å². The van der Waals surface area contributed by atoms with Crippen molar-refractivity contribution < 1.29 is 4.74 Å². The topological polar surface area (TPSA) is 116 Å². The lowest BCUT2D eigenvalue weighted by atomic mass is 9.91. The molecular weight excluding hydrogens is 404 g/mol. The number of rotatable bonds is 9. The quantitative estimate of drug-likeness (QED) is 0.466. The zero-order valence-corrected chi connectivity index (χ0v) is 19.3. The van der Waals surface area contributed by atoms with Crippen molar-refractivity contribution in [2.45, 2.75) is 64.5 Å². The van der Waals surface area contributed by atoms with E-state index in [1.807, 2.05) is 10.9 Å². The third-order valence-electron chi connectivity index (χ3n) is 6.26. The highest BCUT2D eigenvalue weighted by atomic mass is 16.5. The fourth-order valence-electron chi connectivity index (χ4n) is 4.46. The fraction of sp³-hybridized carbons (Fsp3) is 0.565. The van der Waals surface area contributed by atoms with Crippen LogP contribution in [0.2, 0.25) is 0 Å². The van der Waals surface area contributed by atoms with Gasteiger partial charge in [-0.3, -0.25) is 9.67 Å². The Labute approximate surface area is 189 Å². The van der Waals surface area contributed by atoms with Crippen molar-refractivity contribution in [1.82, 2.24) is 30.0 Å². The van der Waals surface area contributed by atoms with Gasteiger partial charge in [-0.2, -0.15) is 10.1 Å². The Morgan fingerprint density at radius 3 is 2.78 bits per heavy atom. The lowest BCUT2D eigenvalue weighted by molar-refractivity contribution is 0.400. The van der Waals surface area contributed by atoms with Gasteiger partial charge in [-0.15, -0.1) is 0 Å². The number of anilines is 2. The number of aromatic nitrogens is 5. The number of pyridine rings is 1. The van der Waals surface area contributed by atoms with Gasteiger partial charge in [0.05, 0.1) is 19.9 Å². The standard InChI is InChI=1S/C23H34N8O/c1-4-6-17(5-2)28-22-21-18(29-23(24)30-22)13-27-31(21)14-19-20(32-3)11-16(12-26-19)15-7-9-25-10-8-15/h11-13,15,17,25H,4-10,14H2,1-3H3,(H3,24,28,29,30). The molecule has 1 aliphatic rings. The minimum Gasteiger partial charge on any atom is -0.495 e. The van der Waals surface area contributed by atoms with Crippen molar-refractivity contribution >= 4 is 22.8 Å². The van der Waals surface area contributed by atoms with Crippen LogP contribution in [0.1, 0.15) is 63.1 Å². The second kappa shape index (κ2) is 10.1. The first-order valence-corrected chi connectivity index (χ1v) is 11.6. The monoisotopic (exact) mass is 438 g/mol. The summed E-state index contributed by atoms with van der Waals surface area (Å²) in [4.78, 5) is 13.7. The molecule has 0 radical (unpaired) electrons. The molecular formula is C23H34N8O. The fourth-order valence-corrected chi connectivity index (χ4v) is 4.46. The maximum atomic E-state index is 5.97. The van der Waals surface area contributed by atoms with Crippen molar-refractivity contribution in [3.8, 4) is 5.75 Å². The second-order valence-electron chi connectivity index (χ2n) is 8.45. The first-order chi connectivity index (χ1) is 15.6. The predicted molar refractivity (Wildman–Crippen MR) is 127 cm³/mol. The number of nitrogen functional groups attached to an aromatic ring is 1. The molecule has 3 aromatic rings. The highest BCUT2D eigenvalue weighted by Crippen LogP contribution is 2.30. The highest BCUT2D eigenvalue weighted by molar-refractivity contribution is 5.86. The molecule has 1 unspecified atom stereocenters. The van der Waals surface area contributed by atoms with Gasteiger partial charge in [-0.25, -0.2) is 4.98 Å². The zero-order valence-electron chi connectivity index (χ0n) is 19.3. The predicted octanol–water partition coefficient (Wildman–Crippen LogP) is 3.32. The molecule has 4 N–H and O–H groups in total. The average Bonchev–Trinajstić information content (AvgIpc) is 3.22. The number of nitrogens with two attached hydrogens (primary N) is 1. The number of nitrogens with one attached hydrogen (secondary N) is 2. The molecule has 0 saturated carbocycles. The van der Waals surface area contributed by atoms with Crippen molar-refractivity contribution in [2.75, 3.05) is 31.2 Å². The number of ether oxygens (including phenoxy) is 1. The third kappa shape index (κ3) is 4.77. The molecule has 172 valence electrons. The van der Waals surface area contributed by atoms with Crippen molar-refractivity contribution in [1.29, 1.82) is 0 Å². The van der Waals surface area contributed by atoms with E-state index in [0.717, 1.165) is 73.5 Å². The minimum atomic E-state index is 0.243. The van der Waals surface area contributed by atoms with Crippen molar-refractivity contribution in [3.05, 3.63) is 29.7 Å². The summed E-state index contributed by atoms with van der Waals surface area (Å²) in [6, 6.07) is 2.45. The molecule has 0 bridgehead atoms. The van der Waals surface area contributed by atoms with Crippen LogP contribution in [0.15, 0.2) is 18.5 Å². The van der Waals surface area contributed by atoms with Gasteiger partial charge in [0.15, 0.2) is 5.82 Å². The molecule has 4 heterocycles. The summed E-state index contributed by atoms with van der Waals surface area (Å²) in [5.41, 5.74) is 9.60. The molecule has 9 heteroatoms. The molecule has 1 atom stereocenters. The van der Waals surface area contributed by atoms with E-state index in [1.165, 1.54) is 5.56 Å². The van der Waals surface area contributed by atoms with Crippen LogP contribution in [0.5, 0.6) is 5.75 Å². The van der Waals surface area contributed by atoms with Crippen molar-refractivity contribution in [3.63, 3.8) is 0 Å². The Balaban J connectivity index is 1.65. The SMILES string of the molecule is CCCC(CC)Nc1nc(N)nc2cnn(Cc3ncc(C4CCNCC4)cc3OC)c12. The summed E-state index contributed by atoms with van der Waals surface area (Å²) in [7, 11) is 1.70. The molecule has 1 fully saturated rings. The van der Waals surface area contributed by atoms with E-state index in [0.29, 0.717) is 18.5 Å². The van der Waals surface area contributed by atoms with Gasteiger partial charge in [-0.1, -0.05) is 20.3 Å². The molecule has 0 spiro atoms. The lowest BCUT2D eigenvalue weighted by Crippen LogP contribution is -2.26. The molecule has 0 aromatic carbocycles. The first kappa shape index (κ1) is 22.3. The maximum Gasteiger partial charge on any atom is 0.222 e. The van der Waals surface area contributed by atoms with Crippen LogP contribution in [0, 0.1) is 0 Å². The van der Waals surface area contributed by atoms with Crippen LogP contribution in [0.25, 0.3) is 11.0 Å². The summed E-state index contributed by atoms with van der Waals surface area (Å²) in [6.07, 6.45) is 9.12. The number of nitrogens with zero attached hydrogens (tertiary/aromatic N) is 5. The van der Waals surface area contributed by atoms with Gasteiger partial charge >= 0.3 is 0 Å². The van der Waals surface area contributed by atoms with Gasteiger partial charge in [0, 0.05) is 12.2 Å². The molecule has 0 amide bonds. The molecule has 9 nitrogen and oxygen atoms in total. The van der Waals surface area contributed by atoms with E-state index < -0.39 is 0 Å². The van der Waals surface area contributed by atoms with Crippen LogP contribution in [0.4, 0.5) is 11.8 Å². The average molecular weight is 439 g/mol. The summed E-state index contributed by atoms with van der Waals surface area (Å²) in [5.74, 6) is 2.27. The summed E-state index contributed by atoms with van der Waals surface area (Å²) >= 11 is 0. The number of hydrogen-bond donors (Lipinski definition) is 3. The van der Waals surface area contributed by atoms with Crippen molar-refractivity contribution in [2.24, 2.45) is 0 Å². The van der Waals surface area contributed by atoms with E-state index in [-0.39, 0.29) is 5.95 Å². The molecule has 1 aliphatic heterocycles. The number of piperidine rings is 1. The Morgan fingerprint density at radius 1 is 1.25 bits per heavy atom. The van der Waals surface area contributed by atoms with Gasteiger partial charge in [-0.05, 0) is 56.3 Å². The molecule has 0 aliphatic carbocycles. The smallest absolute Gasteiger partial charge is 0.222 e. The maximum absolute atomic E-state index is 5.97. The van der Waals surface area contributed by atoms with E-state index >= 15 is 0 Å². The third-order valence-corrected chi connectivity index (χ3v) is 6.26. The van der Waals surface area contributed by atoms with Crippen LogP contribution in [-0.4, -0.2) is 51.0 Å². The normalized spacial score (nSPS) is 15.7. The molecule has 1 saturated heterocycles. The Kier molecular flexibility index (Phi) is 7.04. The largest absolute Gasteiger partial charge is 0.495 e. The summed E-state index contributed by atoms with van der Waals surface area (Å²) < 4.78 is 7.59. The zero-order chi connectivity index (χ0) is 22.5. The number of fused-ring (bicyclic) bond motifs is 1. The lowest BCUT2D eigenvalue weighted by Gasteiger charge is -2.23. The van der Waals surface area contributed by atoms with Gasteiger partial charge in [0.1, 0.15) is 22.5 Å². The summed E-state index contributed by atoms with van der Waals surface area (Å²) in [5, 5.41) is 11.5. The Morgan fingerprint density at radius 2 is 2.06 bits per heavy atom. The van der Waals surface area contributed by atoms with Crippen LogP contribution >= 0.6 is 0 Å². The van der Waals surface area contributed by atoms with Crippen LogP contribution in [-0.2, 0) is 6.54 Å². The molecule has 32 heavy (non-hydrogen) atoms. The number of methoxy groups -OCH3 is 1. The molecule has 3 aromatic heterocycles. The summed E-state index contributed by atoms with van der Waals surface area (Å²) in [6.45, 7) is 6.91. The van der Waals surface area contributed by atoms with Gasteiger partial charge < -0.3 is 21.1 Å². The van der Waals surface area contributed by atoms with E-state index in [2.05, 4.69) is 45.6 Å². The number of hydrogen-bond acceptors (Lipinski definition) is 8. The van der Waals surface area contributed by atoms with E-state index in [4.69, 9.17) is 15.5 Å².